The monoisotopic (exact) mass is 586 g/mol. The number of nitrogens with one attached hydrogen (secondary N) is 1. The third kappa shape index (κ3) is 5.33. The number of aromatic nitrogens is 1. The SMILES string of the molecule is COC(=O)[C@]1(c2ccc(N(C)C)cc2OC)CCCN(C(=O)Oc2ccccc2[N+](=O)[O-])CCc2c1[nH]c1ccccc21. The van der Waals surface area contributed by atoms with E-state index in [9.17, 15) is 19.7 Å². The van der Waals surface area contributed by atoms with Crippen LogP contribution in [0.25, 0.3) is 10.9 Å². The smallest absolute Gasteiger partial charge is 0.415 e. The molecule has 1 aliphatic rings. The summed E-state index contributed by atoms with van der Waals surface area (Å²) >= 11 is 0. The first-order chi connectivity index (χ1) is 20.7. The Bertz CT molecular complexity index is 1680. The minimum atomic E-state index is -1.28. The molecule has 0 unspecified atom stereocenters. The van der Waals surface area contributed by atoms with Gasteiger partial charge in [-0.05, 0) is 43.0 Å². The van der Waals surface area contributed by atoms with Gasteiger partial charge in [0.05, 0.1) is 19.1 Å². The van der Waals surface area contributed by atoms with E-state index in [2.05, 4.69) is 4.98 Å². The van der Waals surface area contributed by atoms with Crippen LogP contribution >= 0.6 is 0 Å². The first-order valence-electron chi connectivity index (χ1n) is 14.0. The van der Waals surface area contributed by atoms with Crippen molar-refractivity contribution in [2.24, 2.45) is 0 Å². The largest absolute Gasteiger partial charge is 0.496 e. The quantitative estimate of drug-likeness (QED) is 0.180. The van der Waals surface area contributed by atoms with Crippen molar-refractivity contribution in [3.8, 4) is 11.5 Å². The Balaban J connectivity index is 1.63. The van der Waals surface area contributed by atoms with Gasteiger partial charge in [0.25, 0.3) is 0 Å². The van der Waals surface area contributed by atoms with Gasteiger partial charge < -0.3 is 29.0 Å². The molecule has 0 saturated carbocycles. The highest BCUT2D eigenvalue weighted by Gasteiger charge is 2.48. The highest BCUT2D eigenvalue weighted by molar-refractivity contribution is 5.94. The number of nitrogens with zero attached hydrogens (tertiary/aromatic N) is 3. The molecule has 0 spiro atoms. The van der Waals surface area contributed by atoms with E-state index in [0.29, 0.717) is 29.8 Å². The van der Waals surface area contributed by atoms with Crippen LogP contribution in [0.1, 0.15) is 29.7 Å². The molecular formula is C32H34N4O7. The number of methoxy groups -OCH3 is 2. The zero-order valence-electron chi connectivity index (χ0n) is 24.6. The molecule has 1 atom stereocenters. The van der Waals surface area contributed by atoms with Crippen LogP contribution in [0.4, 0.5) is 16.2 Å². The minimum Gasteiger partial charge on any atom is -0.496 e. The molecule has 1 aromatic heterocycles. The molecule has 11 heteroatoms. The van der Waals surface area contributed by atoms with Gasteiger partial charge in [-0.2, -0.15) is 0 Å². The fraction of sp³-hybridized carbons (Fsp3) is 0.312. The van der Waals surface area contributed by atoms with Crippen molar-refractivity contribution in [2.75, 3.05) is 46.3 Å². The fourth-order valence-corrected chi connectivity index (χ4v) is 5.95. The van der Waals surface area contributed by atoms with Crippen LogP contribution in [0.5, 0.6) is 11.5 Å². The Kier molecular flexibility index (Phi) is 8.24. The minimum absolute atomic E-state index is 0.125. The number of carbonyl (C=O) groups is 2. The van der Waals surface area contributed by atoms with Crippen LogP contribution in [0.3, 0.4) is 0 Å². The first kappa shape index (κ1) is 29.4. The molecule has 1 amide bonds. The Morgan fingerprint density at radius 3 is 2.47 bits per heavy atom. The van der Waals surface area contributed by atoms with Gasteiger partial charge in [-0.3, -0.25) is 14.9 Å². The summed E-state index contributed by atoms with van der Waals surface area (Å²) in [7, 11) is 6.80. The molecule has 0 saturated heterocycles. The summed E-state index contributed by atoms with van der Waals surface area (Å²) in [6.45, 7) is 0.515. The number of esters is 1. The second kappa shape index (κ2) is 12.0. The standard InChI is InChI=1S/C32H34N4O7/c1-34(2)21-14-15-24(28(20-21)41-3)32(30(37)42-4)17-9-18-35(31(38)43-27-13-8-7-12-26(27)36(39)40)19-16-23-22-10-5-6-11-25(22)33-29(23)32/h5-8,10-15,20,33H,9,16-19H2,1-4H3/t32-/m0/s1. The lowest BCUT2D eigenvalue weighted by Crippen LogP contribution is -2.40. The van der Waals surface area contributed by atoms with E-state index in [1.165, 1.54) is 30.2 Å². The number of nitro groups is 1. The summed E-state index contributed by atoms with van der Waals surface area (Å²) in [5.74, 6) is -0.0416. The number of carbonyl (C=O) groups excluding carboxylic acids is 2. The highest BCUT2D eigenvalue weighted by atomic mass is 16.6. The van der Waals surface area contributed by atoms with E-state index in [1.54, 1.807) is 13.2 Å². The molecule has 0 radical (unpaired) electrons. The van der Waals surface area contributed by atoms with Gasteiger partial charge in [0.2, 0.25) is 5.75 Å². The van der Waals surface area contributed by atoms with Crippen LogP contribution in [0, 0.1) is 10.1 Å². The second-order valence-electron chi connectivity index (χ2n) is 10.6. The van der Waals surface area contributed by atoms with Gasteiger partial charge in [-0.25, -0.2) is 4.79 Å². The molecular weight excluding hydrogens is 552 g/mol. The number of para-hydroxylation sites is 3. The number of amides is 1. The number of hydrogen-bond acceptors (Lipinski definition) is 8. The summed E-state index contributed by atoms with van der Waals surface area (Å²) in [4.78, 5) is 45.4. The molecule has 4 aromatic rings. The second-order valence-corrected chi connectivity index (χ2v) is 10.6. The number of H-pyrrole nitrogens is 1. The predicted molar refractivity (Wildman–Crippen MR) is 162 cm³/mol. The van der Waals surface area contributed by atoms with Gasteiger partial charge in [0.1, 0.15) is 11.2 Å². The molecule has 3 aromatic carbocycles. The molecule has 2 heterocycles. The molecule has 224 valence electrons. The molecule has 11 nitrogen and oxygen atoms in total. The maximum atomic E-state index is 14.1. The zero-order valence-corrected chi connectivity index (χ0v) is 24.6. The number of nitro benzene ring substituents is 1. The number of aromatic amines is 1. The van der Waals surface area contributed by atoms with Gasteiger partial charge in [-0.15, -0.1) is 0 Å². The van der Waals surface area contributed by atoms with E-state index in [1.807, 2.05) is 61.5 Å². The first-order valence-corrected chi connectivity index (χ1v) is 14.0. The maximum Gasteiger partial charge on any atom is 0.415 e. The molecule has 1 aliphatic heterocycles. The van der Waals surface area contributed by atoms with E-state index in [-0.39, 0.29) is 30.9 Å². The van der Waals surface area contributed by atoms with Crippen molar-refractivity contribution in [3.05, 3.63) is 93.7 Å². The number of anilines is 1. The van der Waals surface area contributed by atoms with Crippen molar-refractivity contribution >= 4 is 34.3 Å². The molecule has 1 N–H and O–H groups in total. The Morgan fingerprint density at radius 2 is 1.74 bits per heavy atom. The van der Waals surface area contributed by atoms with Gasteiger partial charge in [-0.1, -0.05) is 36.4 Å². The van der Waals surface area contributed by atoms with Gasteiger partial charge >= 0.3 is 17.7 Å². The number of rotatable bonds is 6. The van der Waals surface area contributed by atoms with Crippen molar-refractivity contribution in [1.82, 2.24) is 9.88 Å². The lowest BCUT2D eigenvalue weighted by molar-refractivity contribution is -0.385. The average Bonchev–Trinajstić information content (AvgIpc) is 3.41. The highest BCUT2D eigenvalue weighted by Crippen LogP contribution is 2.46. The van der Waals surface area contributed by atoms with E-state index >= 15 is 0 Å². The predicted octanol–water partition coefficient (Wildman–Crippen LogP) is 5.45. The van der Waals surface area contributed by atoms with Crippen molar-refractivity contribution in [3.63, 3.8) is 0 Å². The Hall–Kier alpha value is -5.06. The third-order valence-electron chi connectivity index (χ3n) is 8.06. The van der Waals surface area contributed by atoms with E-state index in [0.717, 1.165) is 22.2 Å². The Labute approximate surface area is 249 Å². The normalized spacial score (nSPS) is 16.8. The molecule has 5 rings (SSSR count). The number of ether oxygens (including phenoxy) is 3. The van der Waals surface area contributed by atoms with Crippen LogP contribution in [-0.2, 0) is 21.4 Å². The van der Waals surface area contributed by atoms with Crippen LogP contribution < -0.4 is 14.4 Å². The van der Waals surface area contributed by atoms with E-state index in [4.69, 9.17) is 14.2 Å². The van der Waals surface area contributed by atoms with Crippen LogP contribution in [0.2, 0.25) is 0 Å². The van der Waals surface area contributed by atoms with Crippen LogP contribution in [-0.4, -0.2) is 68.3 Å². The van der Waals surface area contributed by atoms with E-state index < -0.39 is 22.4 Å². The summed E-state index contributed by atoms with van der Waals surface area (Å²) in [6.07, 6.45) is 0.373. The van der Waals surface area contributed by atoms with Crippen molar-refractivity contribution < 1.29 is 28.7 Å². The topological polar surface area (TPSA) is 127 Å². The number of fused-ring (bicyclic) bond motifs is 3. The molecule has 43 heavy (non-hydrogen) atoms. The molecule has 0 aliphatic carbocycles. The summed E-state index contributed by atoms with van der Waals surface area (Å²) < 4.78 is 16.9. The average molecular weight is 587 g/mol. The Morgan fingerprint density at radius 1 is 1.00 bits per heavy atom. The third-order valence-corrected chi connectivity index (χ3v) is 8.06. The summed E-state index contributed by atoms with van der Waals surface area (Å²) in [6, 6.07) is 19.3. The fourth-order valence-electron chi connectivity index (χ4n) is 5.95. The lowest BCUT2D eigenvalue weighted by Gasteiger charge is -2.33. The van der Waals surface area contributed by atoms with Gasteiger partial charge in [0, 0.05) is 67.2 Å². The number of benzene rings is 3. The summed E-state index contributed by atoms with van der Waals surface area (Å²) in [5, 5.41) is 12.4. The van der Waals surface area contributed by atoms with Crippen molar-refractivity contribution in [1.29, 1.82) is 0 Å². The van der Waals surface area contributed by atoms with Gasteiger partial charge in [0.15, 0.2) is 0 Å². The maximum absolute atomic E-state index is 14.1. The van der Waals surface area contributed by atoms with Crippen molar-refractivity contribution in [2.45, 2.75) is 24.7 Å². The molecule has 0 bridgehead atoms. The van der Waals surface area contributed by atoms with Crippen LogP contribution in [0.15, 0.2) is 66.7 Å². The lowest BCUT2D eigenvalue weighted by atomic mass is 9.71. The number of hydrogen-bond donors (Lipinski definition) is 1. The zero-order chi connectivity index (χ0) is 30.7. The summed E-state index contributed by atoms with van der Waals surface area (Å²) in [5.41, 5.74) is 2.38. The molecule has 0 fully saturated rings.